The second-order valence-electron chi connectivity index (χ2n) is 9.49. The number of benzene rings is 1. The highest BCUT2D eigenvalue weighted by atomic mass is 32.2. The van der Waals surface area contributed by atoms with Crippen LogP contribution >= 0.6 is 11.8 Å². The Hall–Kier alpha value is -1.94. The standard InChI is InChI=1S/C28H38N2OS/c1-3-4-9-23(16-17-29-2)30-28(31)26(18-20-7-5-6-8-20)22-12-15-27(32-24-13-14-24)25(19-22)21-10-11-21/h9,12,15-21,24,29H,3-8,10-11,13-14H2,1-2H3,(H,30,31)/b17-16-,23-9-,26-18+. The van der Waals surface area contributed by atoms with Crippen molar-refractivity contribution in [3.63, 3.8) is 0 Å². The van der Waals surface area contributed by atoms with Gasteiger partial charge >= 0.3 is 0 Å². The van der Waals surface area contributed by atoms with Crippen molar-refractivity contribution in [2.24, 2.45) is 5.92 Å². The van der Waals surface area contributed by atoms with Crippen molar-refractivity contribution in [3.05, 3.63) is 59.5 Å². The molecule has 0 spiro atoms. The van der Waals surface area contributed by atoms with Crippen LogP contribution in [0.15, 0.2) is 53.2 Å². The van der Waals surface area contributed by atoms with Crippen molar-refractivity contribution < 1.29 is 4.79 Å². The summed E-state index contributed by atoms with van der Waals surface area (Å²) in [4.78, 5) is 15.0. The monoisotopic (exact) mass is 450 g/mol. The number of nitrogens with one attached hydrogen (secondary N) is 2. The fourth-order valence-corrected chi connectivity index (χ4v) is 5.64. The van der Waals surface area contributed by atoms with Gasteiger partial charge in [-0.1, -0.05) is 44.4 Å². The Bertz CT molecular complexity index is 887. The number of rotatable bonds is 11. The van der Waals surface area contributed by atoms with E-state index in [9.17, 15) is 4.79 Å². The summed E-state index contributed by atoms with van der Waals surface area (Å²) in [6.07, 6.45) is 20.4. The first-order valence-corrected chi connectivity index (χ1v) is 13.4. The topological polar surface area (TPSA) is 41.1 Å². The molecule has 0 bridgehead atoms. The van der Waals surface area contributed by atoms with E-state index < -0.39 is 0 Å². The molecule has 2 N–H and O–H groups in total. The first-order valence-electron chi connectivity index (χ1n) is 12.6. The summed E-state index contributed by atoms with van der Waals surface area (Å²) in [6.45, 7) is 2.16. The molecule has 3 aliphatic rings. The van der Waals surface area contributed by atoms with E-state index >= 15 is 0 Å². The van der Waals surface area contributed by atoms with Crippen molar-refractivity contribution in [2.75, 3.05) is 7.05 Å². The second kappa shape index (κ2) is 11.3. The lowest BCUT2D eigenvalue weighted by Gasteiger charge is -2.16. The summed E-state index contributed by atoms with van der Waals surface area (Å²) in [6, 6.07) is 6.81. The van der Waals surface area contributed by atoms with Gasteiger partial charge in [-0.15, -0.1) is 11.8 Å². The second-order valence-corrected chi connectivity index (χ2v) is 10.8. The largest absolute Gasteiger partial charge is 0.394 e. The van der Waals surface area contributed by atoms with Crippen LogP contribution in [0.4, 0.5) is 0 Å². The van der Waals surface area contributed by atoms with Crippen molar-refractivity contribution in [2.45, 2.75) is 87.2 Å². The van der Waals surface area contributed by atoms with Gasteiger partial charge in [0.25, 0.3) is 5.91 Å². The minimum Gasteiger partial charge on any atom is -0.394 e. The fourth-order valence-electron chi connectivity index (χ4n) is 4.40. The van der Waals surface area contributed by atoms with Crippen LogP contribution in [0.25, 0.3) is 5.57 Å². The zero-order valence-electron chi connectivity index (χ0n) is 19.7. The lowest BCUT2D eigenvalue weighted by atomic mass is 9.95. The number of carbonyl (C=O) groups excluding carboxylic acids is 1. The third-order valence-corrected chi connectivity index (χ3v) is 7.97. The first kappa shape index (κ1) is 23.2. The molecular formula is C28H38N2OS. The molecule has 1 aromatic rings. The predicted molar refractivity (Wildman–Crippen MR) is 137 cm³/mol. The van der Waals surface area contributed by atoms with Crippen LogP contribution in [0, 0.1) is 5.92 Å². The van der Waals surface area contributed by atoms with Gasteiger partial charge in [0.1, 0.15) is 0 Å². The van der Waals surface area contributed by atoms with E-state index in [2.05, 4.69) is 47.9 Å². The van der Waals surface area contributed by atoms with Gasteiger partial charge in [0.2, 0.25) is 0 Å². The summed E-state index contributed by atoms with van der Waals surface area (Å²) in [5.74, 6) is 1.21. The number of thioether (sulfide) groups is 1. The van der Waals surface area contributed by atoms with Gasteiger partial charge in [-0.2, -0.15) is 0 Å². The van der Waals surface area contributed by atoms with Crippen LogP contribution in [-0.4, -0.2) is 18.2 Å². The third-order valence-electron chi connectivity index (χ3n) is 6.54. The molecule has 4 heteroatoms. The Morgan fingerprint density at radius 3 is 2.56 bits per heavy atom. The maximum Gasteiger partial charge on any atom is 0.255 e. The summed E-state index contributed by atoms with van der Waals surface area (Å²) in [5, 5.41) is 7.04. The Morgan fingerprint density at radius 1 is 1.12 bits per heavy atom. The van der Waals surface area contributed by atoms with E-state index in [4.69, 9.17) is 0 Å². The molecular weight excluding hydrogens is 412 g/mol. The van der Waals surface area contributed by atoms with Crippen molar-refractivity contribution in [1.29, 1.82) is 0 Å². The molecule has 3 saturated carbocycles. The number of allylic oxidation sites excluding steroid dienone is 3. The van der Waals surface area contributed by atoms with Gasteiger partial charge in [-0.25, -0.2) is 0 Å². The number of amides is 1. The lowest BCUT2D eigenvalue weighted by Crippen LogP contribution is -2.24. The molecule has 0 heterocycles. The molecule has 1 amide bonds. The summed E-state index contributed by atoms with van der Waals surface area (Å²) < 4.78 is 0. The van der Waals surface area contributed by atoms with Gasteiger partial charge in [0.15, 0.2) is 0 Å². The highest BCUT2D eigenvalue weighted by Gasteiger charge is 2.30. The van der Waals surface area contributed by atoms with Gasteiger partial charge in [0, 0.05) is 28.5 Å². The quantitative estimate of drug-likeness (QED) is 0.284. The van der Waals surface area contributed by atoms with Crippen molar-refractivity contribution >= 4 is 23.2 Å². The van der Waals surface area contributed by atoms with Gasteiger partial charge in [-0.05, 0) is 92.3 Å². The van der Waals surface area contributed by atoms with E-state index in [1.807, 2.05) is 31.1 Å². The fraction of sp³-hybridized carbons (Fsp3) is 0.536. The number of hydrogen-bond acceptors (Lipinski definition) is 3. The SMILES string of the molecule is CCC/C=C(/C=C\NC)NC(=O)/C(=C/C1CCCC1)c1ccc(SC2CC2)c(C2CC2)c1. The lowest BCUT2D eigenvalue weighted by molar-refractivity contribution is -0.114. The van der Waals surface area contributed by atoms with Crippen molar-refractivity contribution in [3.8, 4) is 0 Å². The van der Waals surface area contributed by atoms with Gasteiger partial charge in [0.05, 0.1) is 0 Å². The highest BCUT2D eigenvalue weighted by molar-refractivity contribution is 8.00. The third kappa shape index (κ3) is 6.54. The summed E-state index contributed by atoms with van der Waals surface area (Å²) in [5.41, 5.74) is 4.28. The molecule has 0 saturated heterocycles. The van der Waals surface area contributed by atoms with E-state index in [1.165, 1.54) is 61.8 Å². The molecule has 0 atom stereocenters. The summed E-state index contributed by atoms with van der Waals surface area (Å²) >= 11 is 2.05. The Kier molecular flexibility index (Phi) is 8.18. The number of hydrogen-bond donors (Lipinski definition) is 2. The van der Waals surface area contributed by atoms with Gasteiger partial charge in [-0.3, -0.25) is 4.79 Å². The highest BCUT2D eigenvalue weighted by Crippen LogP contribution is 2.48. The molecule has 3 nitrogen and oxygen atoms in total. The molecule has 0 aliphatic heterocycles. The maximum absolute atomic E-state index is 13.6. The smallest absolute Gasteiger partial charge is 0.255 e. The molecule has 3 aliphatic carbocycles. The average molecular weight is 451 g/mol. The first-order chi connectivity index (χ1) is 15.7. The average Bonchev–Trinajstić information content (AvgIpc) is 3.74. The predicted octanol–water partition coefficient (Wildman–Crippen LogP) is 6.93. The van der Waals surface area contributed by atoms with Crippen LogP contribution in [-0.2, 0) is 4.79 Å². The molecule has 172 valence electrons. The van der Waals surface area contributed by atoms with E-state index in [-0.39, 0.29) is 5.91 Å². The molecule has 4 rings (SSSR count). The summed E-state index contributed by atoms with van der Waals surface area (Å²) in [7, 11) is 1.88. The van der Waals surface area contributed by atoms with Crippen LogP contribution in [0.1, 0.15) is 88.2 Å². The Labute approximate surface area is 198 Å². The minimum atomic E-state index is 0.0179. The van der Waals surface area contributed by atoms with Gasteiger partial charge < -0.3 is 10.6 Å². The van der Waals surface area contributed by atoms with Crippen LogP contribution in [0.5, 0.6) is 0 Å². The molecule has 0 aromatic heterocycles. The molecule has 3 fully saturated rings. The van der Waals surface area contributed by atoms with Crippen LogP contribution < -0.4 is 10.6 Å². The number of carbonyl (C=O) groups is 1. The van der Waals surface area contributed by atoms with E-state index in [0.717, 1.165) is 34.9 Å². The van der Waals surface area contributed by atoms with Crippen LogP contribution in [0.2, 0.25) is 0 Å². The number of unbranched alkanes of at least 4 members (excludes halogenated alkanes) is 1. The Morgan fingerprint density at radius 2 is 1.91 bits per heavy atom. The maximum atomic E-state index is 13.6. The zero-order chi connectivity index (χ0) is 22.3. The normalized spacial score (nSPS) is 20.2. The zero-order valence-corrected chi connectivity index (χ0v) is 20.5. The Balaban J connectivity index is 1.62. The molecule has 32 heavy (non-hydrogen) atoms. The van der Waals surface area contributed by atoms with Crippen molar-refractivity contribution in [1.82, 2.24) is 10.6 Å². The van der Waals surface area contributed by atoms with E-state index in [0.29, 0.717) is 11.8 Å². The minimum absolute atomic E-state index is 0.0179. The molecule has 0 radical (unpaired) electrons. The van der Waals surface area contributed by atoms with Crippen LogP contribution in [0.3, 0.4) is 0 Å². The molecule has 0 unspecified atom stereocenters. The van der Waals surface area contributed by atoms with E-state index in [1.54, 1.807) is 0 Å². The molecule has 1 aromatic carbocycles.